The smallest absolute Gasteiger partial charge is 0.343 e. The van der Waals surface area contributed by atoms with Crippen LogP contribution in [0.5, 0.6) is 17.2 Å². The lowest BCUT2D eigenvalue weighted by Crippen LogP contribution is -2.26. The minimum absolute atomic E-state index is 0.147. The number of carbonyl (C=O) groups excluding carboxylic acids is 2. The van der Waals surface area contributed by atoms with Crippen molar-refractivity contribution in [3.63, 3.8) is 0 Å². The van der Waals surface area contributed by atoms with Gasteiger partial charge in [-0.1, -0.05) is 57.4 Å². The van der Waals surface area contributed by atoms with E-state index < -0.39 is 18.0 Å². The maximum absolute atomic E-state index is 12.7. The van der Waals surface area contributed by atoms with E-state index in [1.54, 1.807) is 43.3 Å². The van der Waals surface area contributed by atoms with Crippen LogP contribution < -0.4 is 14.2 Å². The molecule has 0 radical (unpaired) electrons. The Hall–Kier alpha value is -3.64. The molecule has 0 aromatic heterocycles. The van der Waals surface area contributed by atoms with Crippen LogP contribution in [0.4, 0.5) is 0 Å². The molecule has 3 aromatic rings. The third-order valence-electron chi connectivity index (χ3n) is 6.27. The monoisotopic (exact) mass is 532 g/mol. The van der Waals surface area contributed by atoms with Gasteiger partial charge in [0.1, 0.15) is 17.2 Å². The first-order valence-corrected chi connectivity index (χ1v) is 13.9. The van der Waals surface area contributed by atoms with Crippen LogP contribution in [0.15, 0.2) is 72.8 Å². The molecule has 0 fully saturated rings. The fourth-order valence-electron chi connectivity index (χ4n) is 3.98. The highest BCUT2D eigenvalue weighted by Gasteiger charge is 2.16. The first kappa shape index (κ1) is 29.9. The maximum atomic E-state index is 12.7. The van der Waals surface area contributed by atoms with Crippen LogP contribution >= 0.6 is 0 Å². The van der Waals surface area contributed by atoms with Crippen LogP contribution in [0.3, 0.4) is 0 Å². The highest BCUT2D eigenvalue weighted by Crippen LogP contribution is 2.25. The second kappa shape index (κ2) is 15.7. The quantitative estimate of drug-likeness (QED) is 0.112. The lowest BCUT2D eigenvalue weighted by Gasteiger charge is -2.15. The summed E-state index contributed by atoms with van der Waals surface area (Å²) in [5.74, 6) is 0.831. The number of benzene rings is 3. The molecule has 0 saturated carbocycles. The van der Waals surface area contributed by atoms with Crippen molar-refractivity contribution in [3.05, 3.63) is 78.4 Å². The summed E-state index contributed by atoms with van der Waals surface area (Å²) in [7, 11) is 0. The van der Waals surface area contributed by atoms with Crippen LogP contribution in [0.1, 0.15) is 76.6 Å². The maximum Gasteiger partial charge on any atom is 0.343 e. The number of esters is 2. The highest BCUT2D eigenvalue weighted by atomic mass is 16.6. The molecule has 0 N–H and O–H groups in total. The molecular weight excluding hydrogens is 492 g/mol. The van der Waals surface area contributed by atoms with E-state index in [2.05, 4.69) is 13.8 Å². The van der Waals surface area contributed by atoms with Gasteiger partial charge in [0.2, 0.25) is 0 Å². The van der Waals surface area contributed by atoms with Crippen molar-refractivity contribution >= 4 is 11.9 Å². The lowest BCUT2D eigenvalue weighted by atomic mass is 10.0. The fourth-order valence-corrected chi connectivity index (χ4v) is 3.98. The van der Waals surface area contributed by atoms with Crippen molar-refractivity contribution in [3.8, 4) is 28.4 Å². The summed E-state index contributed by atoms with van der Waals surface area (Å²) < 4.78 is 22.3. The zero-order valence-corrected chi connectivity index (χ0v) is 23.5. The first-order valence-electron chi connectivity index (χ1n) is 13.9. The van der Waals surface area contributed by atoms with Crippen molar-refractivity contribution < 1.29 is 28.5 Å². The van der Waals surface area contributed by atoms with Crippen LogP contribution in [0.2, 0.25) is 0 Å². The predicted molar refractivity (Wildman–Crippen MR) is 153 cm³/mol. The molecule has 0 spiro atoms. The predicted octanol–water partition coefficient (Wildman–Crippen LogP) is 8.03. The van der Waals surface area contributed by atoms with E-state index in [4.69, 9.17) is 18.9 Å². The van der Waals surface area contributed by atoms with Crippen LogP contribution in [-0.2, 0) is 9.53 Å². The van der Waals surface area contributed by atoms with Crippen molar-refractivity contribution in [2.24, 2.45) is 0 Å². The lowest BCUT2D eigenvalue weighted by molar-refractivity contribution is -0.146. The zero-order chi connectivity index (χ0) is 28.0. The second-order valence-corrected chi connectivity index (χ2v) is 9.67. The number of hydrogen-bond acceptors (Lipinski definition) is 6. The Morgan fingerprint density at radius 1 is 0.667 bits per heavy atom. The highest BCUT2D eigenvalue weighted by molar-refractivity contribution is 5.91. The van der Waals surface area contributed by atoms with Gasteiger partial charge >= 0.3 is 11.9 Å². The molecule has 6 heteroatoms. The minimum atomic E-state index is -0.614. The number of ether oxygens (including phenoxy) is 4. The van der Waals surface area contributed by atoms with Crippen molar-refractivity contribution in [2.45, 2.75) is 78.4 Å². The van der Waals surface area contributed by atoms with Gasteiger partial charge in [-0.2, -0.15) is 0 Å². The first-order chi connectivity index (χ1) is 18.9. The second-order valence-electron chi connectivity index (χ2n) is 9.67. The Morgan fingerprint density at radius 2 is 1.23 bits per heavy atom. The topological polar surface area (TPSA) is 71.1 Å². The molecule has 208 valence electrons. The van der Waals surface area contributed by atoms with Gasteiger partial charge in [-0.25, -0.2) is 9.59 Å². The van der Waals surface area contributed by atoms with E-state index in [-0.39, 0.29) is 6.10 Å². The Morgan fingerprint density at radius 3 is 1.85 bits per heavy atom. The normalized spacial score (nSPS) is 12.4. The standard InChI is InChI=1S/C33H40O6/c1-5-7-8-9-10-24(3)37-29-19-21-31(22-20-29)39-33(35)28-13-11-26(12-14-28)27-15-17-30(18-16-27)38-32(34)25(4)36-23-6-2/h11-22,24-25H,5-10,23H2,1-4H3/t24-,25-/m0/s1. The average Bonchev–Trinajstić information content (AvgIpc) is 2.95. The molecule has 39 heavy (non-hydrogen) atoms. The Kier molecular flexibility index (Phi) is 12.0. The van der Waals surface area contributed by atoms with Crippen LogP contribution in [-0.4, -0.2) is 30.8 Å². The largest absolute Gasteiger partial charge is 0.491 e. The molecule has 0 aliphatic rings. The Bertz CT molecular complexity index is 1150. The molecule has 0 bridgehead atoms. The van der Waals surface area contributed by atoms with E-state index in [0.717, 1.165) is 29.7 Å². The number of rotatable bonds is 15. The average molecular weight is 533 g/mol. The Labute approximate surface area is 232 Å². The van der Waals surface area contributed by atoms with Gasteiger partial charge in [0.25, 0.3) is 0 Å². The van der Waals surface area contributed by atoms with E-state index in [1.165, 1.54) is 25.7 Å². The molecule has 0 heterocycles. The molecule has 0 amide bonds. The molecular formula is C33H40O6. The summed E-state index contributed by atoms with van der Waals surface area (Å²) in [5, 5.41) is 0. The molecule has 3 aromatic carbocycles. The summed E-state index contributed by atoms with van der Waals surface area (Å²) in [6.45, 7) is 8.47. The van der Waals surface area contributed by atoms with Crippen molar-refractivity contribution in [1.82, 2.24) is 0 Å². The molecule has 0 aliphatic heterocycles. The third kappa shape index (κ3) is 9.88. The summed E-state index contributed by atoms with van der Waals surface area (Å²) in [5.41, 5.74) is 2.31. The minimum Gasteiger partial charge on any atom is -0.491 e. The summed E-state index contributed by atoms with van der Waals surface area (Å²) in [6, 6.07) is 21.5. The molecule has 0 unspecified atom stereocenters. The summed E-state index contributed by atoms with van der Waals surface area (Å²) >= 11 is 0. The zero-order valence-electron chi connectivity index (χ0n) is 23.5. The van der Waals surface area contributed by atoms with Gasteiger partial charge < -0.3 is 18.9 Å². The van der Waals surface area contributed by atoms with E-state index in [0.29, 0.717) is 23.7 Å². The van der Waals surface area contributed by atoms with Gasteiger partial charge in [-0.05, 0) is 92.8 Å². The van der Waals surface area contributed by atoms with Gasteiger partial charge in [-0.15, -0.1) is 0 Å². The Balaban J connectivity index is 1.50. The van der Waals surface area contributed by atoms with E-state index in [1.807, 2.05) is 43.3 Å². The van der Waals surface area contributed by atoms with Crippen molar-refractivity contribution in [1.29, 1.82) is 0 Å². The van der Waals surface area contributed by atoms with Gasteiger partial charge in [-0.3, -0.25) is 0 Å². The number of hydrogen-bond donors (Lipinski definition) is 0. The van der Waals surface area contributed by atoms with E-state index in [9.17, 15) is 9.59 Å². The summed E-state index contributed by atoms with van der Waals surface area (Å²) in [6.07, 6.45) is 6.28. The van der Waals surface area contributed by atoms with Gasteiger partial charge in [0.05, 0.1) is 11.7 Å². The number of unbranched alkanes of at least 4 members (excludes halogenated alkanes) is 3. The fraction of sp³-hybridized carbons (Fsp3) is 0.394. The third-order valence-corrected chi connectivity index (χ3v) is 6.27. The SMILES string of the molecule is CCCCCC[C@H](C)Oc1ccc(OC(=O)c2ccc(-c3ccc(OC(=O)[C@H](C)OCCC)cc3)cc2)cc1. The molecule has 6 nitrogen and oxygen atoms in total. The summed E-state index contributed by atoms with van der Waals surface area (Å²) in [4.78, 5) is 24.8. The molecule has 0 saturated heterocycles. The number of carbonyl (C=O) groups is 2. The van der Waals surface area contributed by atoms with Crippen molar-refractivity contribution in [2.75, 3.05) is 6.61 Å². The molecule has 2 atom stereocenters. The van der Waals surface area contributed by atoms with Crippen LogP contribution in [0, 0.1) is 0 Å². The van der Waals surface area contributed by atoms with Crippen LogP contribution in [0.25, 0.3) is 11.1 Å². The van der Waals surface area contributed by atoms with Gasteiger partial charge in [0, 0.05) is 6.61 Å². The molecule has 0 aliphatic carbocycles. The molecule has 3 rings (SSSR count). The van der Waals surface area contributed by atoms with E-state index >= 15 is 0 Å². The van der Waals surface area contributed by atoms with Gasteiger partial charge in [0.15, 0.2) is 6.10 Å².